The molecule has 0 aromatic heterocycles. The Morgan fingerprint density at radius 2 is 2.11 bits per heavy atom. The fourth-order valence-corrected chi connectivity index (χ4v) is 2.99. The molecule has 0 heterocycles. The number of benzene rings is 1. The van der Waals surface area contributed by atoms with Crippen LogP contribution < -0.4 is 11.1 Å². The summed E-state index contributed by atoms with van der Waals surface area (Å²) in [6.07, 6.45) is 6.07. The van der Waals surface area contributed by atoms with E-state index in [0.29, 0.717) is 6.54 Å². The predicted octanol–water partition coefficient (Wildman–Crippen LogP) is 4.05. The van der Waals surface area contributed by atoms with E-state index in [4.69, 9.17) is 17.3 Å². The van der Waals surface area contributed by atoms with Gasteiger partial charge in [0.25, 0.3) is 0 Å². The molecule has 0 aliphatic heterocycles. The van der Waals surface area contributed by atoms with Gasteiger partial charge in [-0.05, 0) is 37.3 Å². The molecule has 18 heavy (non-hydrogen) atoms. The van der Waals surface area contributed by atoms with Crippen molar-refractivity contribution in [2.75, 3.05) is 11.9 Å². The highest BCUT2D eigenvalue weighted by Crippen LogP contribution is 2.34. The largest absolute Gasteiger partial charge is 0.377 e. The zero-order chi connectivity index (χ0) is 13.0. The third-order valence-corrected chi connectivity index (χ3v) is 4.46. The average Bonchev–Trinajstić information content (AvgIpc) is 2.56. The molecule has 1 saturated carbocycles. The van der Waals surface area contributed by atoms with Crippen molar-refractivity contribution in [3.8, 4) is 0 Å². The summed E-state index contributed by atoms with van der Waals surface area (Å²) in [5.74, 6) is 0.812. The van der Waals surface area contributed by atoms with Crippen molar-refractivity contribution in [3.05, 3.63) is 29.3 Å². The maximum atomic E-state index is 6.23. The number of nitrogens with one attached hydrogen (secondary N) is 1. The van der Waals surface area contributed by atoms with Crippen LogP contribution in [0, 0.1) is 5.92 Å². The monoisotopic (exact) mass is 266 g/mol. The molecule has 1 aromatic carbocycles. The molecule has 0 amide bonds. The molecular weight excluding hydrogens is 244 g/mol. The Kier molecular flexibility index (Phi) is 4.52. The van der Waals surface area contributed by atoms with Gasteiger partial charge in [-0.3, -0.25) is 0 Å². The van der Waals surface area contributed by atoms with E-state index in [2.05, 4.69) is 12.2 Å². The van der Waals surface area contributed by atoms with Crippen LogP contribution in [0.25, 0.3) is 0 Å². The second kappa shape index (κ2) is 5.94. The Balaban J connectivity index is 2.15. The molecule has 0 spiro atoms. The fraction of sp³-hybridized carbons (Fsp3) is 0.600. The summed E-state index contributed by atoms with van der Waals surface area (Å²) < 4.78 is 0. The van der Waals surface area contributed by atoms with Gasteiger partial charge in [0.15, 0.2) is 0 Å². The molecule has 3 N–H and O–H groups in total. The highest BCUT2D eigenvalue weighted by atomic mass is 35.5. The lowest BCUT2D eigenvalue weighted by Crippen LogP contribution is -2.45. The summed E-state index contributed by atoms with van der Waals surface area (Å²) in [5, 5.41) is 4.40. The van der Waals surface area contributed by atoms with Crippen LogP contribution in [-0.2, 0) is 0 Å². The molecule has 2 atom stereocenters. The van der Waals surface area contributed by atoms with Crippen molar-refractivity contribution in [1.29, 1.82) is 0 Å². The van der Waals surface area contributed by atoms with Crippen molar-refractivity contribution < 1.29 is 0 Å². The number of rotatable bonds is 3. The fourth-order valence-electron chi connectivity index (χ4n) is 2.81. The zero-order valence-electron chi connectivity index (χ0n) is 11.1. The van der Waals surface area contributed by atoms with Crippen LogP contribution in [0.5, 0.6) is 0 Å². The number of para-hydroxylation sites is 1. The molecule has 2 rings (SSSR count). The molecule has 2 nitrogen and oxygen atoms in total. The first-order chi connectivity index (χ1) is 8.65. The zero-order valence-corrected chi connectivity index (χ0v) is 11.8. The average molecular weight is 267 g/mol. The molecule has 2 unspecified atom stereocenters. The van der Waals surface area contributed by atoms with Crippen LogP contribution in [0.3, 0.4) is 0 Å². The molecule has 1 aliphatic rings. The molecule has 1 fully saturated rings. The van der Waals surface area contributed by atoms with Gasteiger partial charge in [-0.1, -0.05) is 43.5 Å². The van der Waals surface area contributed by atoms with E-state index >= 15 is 0 Å². The van der Waals surface area contributed by atoms with Gasteiger partial charge in [0, 0.05) is 12.1 Å². The van der Waals surface area contributed by atoms with E-state index < -0.39 is 0 Å². The minimum Gasteiger partial charge on any atom is -0.377 e. The van der Waals surface area contributed by atoms with Gasteiger partial charge < -0.3 is 11.1 Å². The van der Waals surface area contributed by atoms with Crippen molar-refractivity contribution in [2.24, 2.45) is 11.7 Å². The number of halogens is 1. The number of nitrogens with two attached hydrogens (primary N) is 1. The summed E-state index contributed by atoms with van der Waals surface area (Å²) in [6.45, 7) is 3.01. The molecular formula is C15H23ClN2. The predicted molar refractivity (Wildman–Crippen MR) is 79.1 cm³/mol. The van der Waals surface area contributed by atoms with Crippen molar-refractivity contribution in [1.82, 2.24) is 0 Å². The second-order valence-corrected chi connectivity index (χ2v) is 6.03. The first-order valence-corrected chi connectivity index (χ1v) is 7.26. The maximum absolute atomic E-state index is 6.23. The Morgan fingerprint density at radius 1 is 1.33 bits per heavy atom. The Morgan fingerprint density at radius 3 is 2.83 bits per heavy atom. The summed E-state index contributed by atoms with van der Waals surface area (Å²) in [5.41, 5.74) is 7.08. The first-order valence-electron chi connectivity index (χ1n) is 6.88. The van der Waals surface area contributed by atoms with Crippen LogP contribution in [0.2, 0.25) is 5.02 Å². The Bertz CT molecular complexity index is 394. The van der Waals surface area contributed by atoms with Crippen LogP contribution in [0.15, 0.2) is 24.3 Å². The smallest absolute Gasteiger partial charge is 0.0637 e. The molecule has 0 saturated heterocycles. The topological polar surface area (TPSA) is 38.0 Å². The highest BCUT2D eigenvalue weighted by Gasteiger charge is 2.31. The Hall–Kier alpha value is -0.730. The van der Waals surface area contributed by atoms with Gasteiger partial charge in [0.2, 0.25) is 0 Å². The number of hydrogen-bond acceptors (Lipinski definition) is 2. The van der Waals surface area contributed by atoms with Crippen molar-refractivity contribution in [3.63, 3.8) is 0 Å². The van der Waals surface area contributed by atoms with E-state index in [1.807, 2.05) is 24.3 Å². The van der Waals surface area contributed by atoms with Crippen LogP contribution in [0.4, 0.5) is 5.69 Å². The lowest BCUT2D eigenvalue weighted by Gasteiger charge is -2.34. The summed E-state index contributed by atoms with van der Waals surface area (Å²) >= 11 is 6.23. The quantitative estimate of drug-likeness (QED) is 0.810. The number of anilines is 1. The van der Waals surface area contributed by atoms with E-state index in [-0.39, 0.29) is 5.54 Å². The van der Waals surface area contributed by atoms with Crippen molar-refractivity contribution in [2.45, 2.75) is 44.6 Å². The van der Waals surface area contributed by atoms with Crippen LogP contribution in [0.1, 0.15) is 39.0 Å². The van der Waals surface area contributed by atoms with E-state index in [0.717, 1.165) is 29.5 Å². The van der Waals surface area contributed by atoms with Crippen LogP contribution >= 0.6 is 11.6 Å². The first kappa shape index (κ1) is 13.7. The lowest BCUT2D eigenvalue weighted by molar-refractivity contribution is 0.409. The van der Waals surface area contributed by atoms with E-state index in [9.17, 15) is 0 Å². The SMILES string of the molecule is CC1CCCC(CN)(Nc2ccccc2Cl)CC1. The third kappa shape index (κ3) is 3.18. The third-order valence-electron chi connectivity index (χ3n) is 4.13. The van der Waals surface area contributed by atoms with Crippen LogP contribution in [-0.4, -0.2) is 12.1 Å². The highest BCUT2D eigenvalue weighted by molar-refractivity contribution is 6.33. The summed E-state index contributed by atoms with van der Waals surface area (Å²) in [6, 6.07) is 7.93. The second-order valence-electron chi connectivity index (χ2n) is 5.63. The Labute approximate surface area is 115 Å². The van der Waals surface area contributed by atoms with Gasteiger partial charge in [0.1, 0.15) is 0 Å². The van der Waals surface area contributed by atoms with Gasteiger partial charge in [-0.25, -0.2) is 0 Å². The lowest BCUT2D eigenvalue weighted by atomic mass is 9.89. The van der Waals surface area contributed by atoms with Crippen molar-refractivity contribution >= 4 is 17.3 Å². The van der Waals surface area contributed by atoms with Gasteiger partial charge in [-0.15, -0.1) is 0 Å². The summed E-state index contributed by atoms with van der Waals surface area (Å²) in [4.78, 5) is 0. The molecule has 1 aliphatic carbocycles. The van der Waals surface area contributed by atoms with Gasteiger partial charge in [-0.2, -0.15) is 0 Å². The van der Waals surface area contributed by atoms with Gasteiger partial charge in [0.05, 0.1) is 10.7 Å². The molecule has 100 valence electrons. The summed E-state index contributed by atoms with van der Waals surface area (Å²) in [7, 11) is 0. The van der Waals surface area contributed by atoms with E-state index in [1.54, 1.807) is 0 Å². The van der Waals surface area contributed by atoms with E-state index in [1.165, 1.54) is 19.3 Å². The molecule has 0 radical (unpaired) electrons. The number of hydrogen-bond donors (Lipinski definition) is 2. The minimum atomic E-state index is 0.0236. The maximum Gasteiger partial charge on any atom is 0.0637 e. The standard InChI is InChI=1S/C15H23ClN2/c1-12-5-4-9-15(11-17,10-8-12)18-14-7-3-2-6-13(14)16/h2-3,6-7,12,18H,4-5,8-11,17H2,1H3. The minimum absolute atomic E-state index is 0.0236. The normalized spacial score (nSPS) is 28.7. The molecule has 0 bridgehead atoms. The van der Waals surface area contributed by atoms with Gasteiger partial charge >= 0.3 is 0 Å². The molecule has 1 aromatic rings. The molecule has 3 heteroatoms.